The standard InChI is InChI=1S/C24H27N7O2.C15H21N5O2.C9H7ClN2/c1-15-12-30(14-21-25-10-17-4-2-3-5-19(17)27-21)13-18(15)22-28-24(32)20-11-26-23(31(20)29-22)16-6-8-33-9-7-16;1-9-6-16-7-11(9)13-18-15(21)12-8-17-14(20(12)19-13)10-2-4-22-5-3-10;10-5-9-11-6-7-3-1-2-4-8(7)12-9/h2-5,10-11,15-16,18H,6-9,12-14H2,1H3,(H,28,29,32);8-11,16H,2-7H2,1H3,(H,18,19,21);1-4,6H,5H2. The predicted molar refractivity (Wildman–Crippen MR) is 253 cm³/mol. The van der Waals surface area contributed by atoms with Gasteiger partial charge in [-0.15, -0.1) is 11.6 Å². The van der Waals surface area contributed by atoms with Gasteiger partial charge >= 0.3 is 0 Å². The van der Waals surface area contributed by atoms with Crippen LogP contribution in [0, 0.1) is 11.8 Å². The van der Waals surface area contributed by atoms with Crippen LogP contribution in [0.1, 0.15) is 98.1 Å². The number of hydrogen-bond donors (Lipinski definition) is 3. The van der Waals surface area contributed by atoms with Crippen LogP contribution in [0.15, 0.2) is 82.9 Å². The molecular weight excluding hydrogens is 872 g/mol. The highest BCUT2D eigenvalue weighted by Gasteiger charge is 2.34. The fraction of sp³-hybridized carbons (Fsp3) is 0.458. The maximum Gasteiger partial charge on any atom is 0.276 e. The number of nitrogens with zero attached hydrogens (tertiary/aromatic N) is 11. The molecule has 6 aromatic heterocycles. The zero-order valence-corrected chi connectivity index (χ0v) is 38.5. The second-order valence-corrected chi connectivity index (χ2v) is 18.4. The Hall–Kier alpha value is -6.05. The SMILES string of the molecule is CC1CN(Cc2ncc3ccccc3n2)CC1c1nn2c(C3CCOCC3)ncc2c(=O)[nH]1.CC1CNCC1c1nn2c(C3CCOCC3)ncc2c(=O)[nH]1.ClCc1ncc2ccccc2n1. The number of likely N-dealkylation sites (tertiary alicyclic amines) is 1. The summed E-state index contributed by atoms with van der Waals surface area (Å²) in [5, 5.41) is 15.1. The lowest BCUT2D eigenvalue weighted by molar-refractivity contribution is 0.0831. The number of aromatic nitrogens is 12. The van der Waals surface area contributed by atoms with Gasteiger partial charge in [0.05, 0.1) is 35.9 Å². The van der Waals surface area contributed by atoms with E-state index in [9.17, 15) is 9.59 Å². The van der Waals surface area contributed by atoms with Crippen molar-refractivity contribution in [3.05, 3.63) is 129 Å². The van der Waals surface area contributed by atoms with E-state index < -0.39 is 0 Å². The Morgan fingerprint density at radius 2 is 1.15 bits per heavy atom. The third kappa shape index (κ3) is 9.72. The quantitative estimate of drug-likeness (QED) is 0.169. The molecule has 4 aliphatic rings. The number of fused-ring (bicyclic) bond motifs is 4. The average molecular weight is 928 g/mol. The maximum absolute atomic E-state index is 12.8. The summed E-state index contributed by atoms with van der Waals surface area (Å²) in [6, 6.07) is 15.9. The fourth-order valence-corrected chi connectivity index (χ4v) is 9.89. The van der Waals surface area contributed by atoms with E-state index in [1.165, 1.54) is 0 Å². The van der Waals surface area contributed by atoms with Crippen molar-refractivity contribution in [3.8, 4) is 0 Å². The first-order valence-electron chi connectivity index (χ1n) is 23.3. The van der Waals surface area contributed by atoms with Crippen molar-refractivity contribution >= 4 is 44.4 Å². The zero-order valence-electron chi connectivity index (χ0n) is 37.7. The normalized spacial score (nSPS) is 21.7. The lowest BCUT2D eigenvalue weighted by Gasteiger charge is -2.21. The molecule has 0 spiro atoms. The van der Waals surface area contributed by atoms with E-state index in [0.717, 1.165) is 129 Å². The molecule has 0 radical (unpaired) electrons. The van der Waals surface area contributed by atoms with Crippen LogP contribution in [0.2, 0.25) is 0 Å². The molecule has 4 atom stereocenters. The van der Waals surface area contributed by atoms with Crippen LogP contribution < -0.4 is 16.4 Å². The molecular formula is C48H55ClN14O4. The molecule has 348 valence electrons. The summed E-state index contributed by atoms with van der Waals surface area (Å²) in [7, 11) is 0. The second-order valence-electron chi connectivity index (χ2n) is 18.1. The van der Waals surface area contributed by atoms with Gasteiger partial charge < -0.3 is 24.8 Å². The zero-order chi connectivity index (χ0) is 45.9. The molecule has 0 saturated carbocycles. The molecule has 4 saturated heterocycles. The van der Waals surface area contributed by atoms with Gasteiger partial charge in [-0.25, -0.2) is 38.9 Å². The Morgan fingerprint density at radius 3 is 1.69 bits per heavy atom. The van der Waals surface area contributed by atoms with E-state index in [-0.39, 0.29) is 28.9 Å². The molecule has 18 nitrogen and oxygen atoms in total. The van der Waals surface area contributed by atoms with Crippen molar-refractivity contribution in [2.45, 2.75) is 75.6 Å². The summed E-state index contributed by atoms with van der Waals surface area (Å²) in [5.74, 6) is 6.90. The van der Waals surface area contributed by atoms with Gasteiger partial charge in [0, 0.05) is 92.9 Å². The highest BCUT2D eigenvalue weighted by molar-refractivity contribution is 6.16. The summed E-state index contributed by atoms with van der Waals surface area (Å²) < 4.78 is 14.4. The molecule has 8 aromatic rings. The van der Waals surface area contributed by atoms with Crippen LogP contribution >= 0.6 is 11.6 Å². The van der Waals surface area contributed by atoms with E-state index in [2.05, 4.69) is 59.0 Å². The molecule has 2 aromatic carbocycles. The lowest BCUT2D eigenvalue weighted by atomic mass is 9.97. The van der Waals surface area contributed by atoms with Crippen LogP contribution in [-0.2, 0) is 21.9 Å². The second kappa shape index (κ2) is 20.0. The van der Waals surface area contributed by atoms with Gasteiger partial charge in [0.25, 0.3) is 11.1 Å². The van der Waals surface area contributed by atoms with Crippen LogP contribution in [0.3, 0.4) is 0 Å². The average Bonchev–Trinajstić information content (AvgIpc) is 4.19. The Morgan fingerprint density at radius 1 is 0.627 bits per heavy atom. The molecule has 0 bridgehead atoms. The van der Waals surface area contributed by atoms with E-state index >= 15 is 0 Å². The first-order chi connectivity index (χ1) is 32.8. The first kappa shape index (κ1) is 44.8. The van der Waals surface area contributed by atoms with Gasteiger partial charge in [-0.3, -0.25) is 14.5 Å². The van der Waals surface area contributed by atoms with Gasteiger partial charge in [-0.1, -0.05) is 50.2 Å². The van der Waals surface area contributed by atoms with E-state index in [1.54, 1.807) is 27.6 Å². The molecule has 67 heavy (non-hydrogen) atoms. The molecule has 12 rings (SSSR count). The van der Waals surface area contributed by atoms with E-state index in [1.807, 2.05) is 54.7 Å². The number of ether oxygens (including phenoxy) is 2. The summed E-state index contributed by atoms with van der Waals surface area (Å²) in [4.78, 5) is 60.2. The fourth-order valence-electron chi connectivity index (χ4n) is 9.76. The number of halogens is 1. The Kier molecular flexibility index (Phi) is 13.4. The summed E-state index contributed by atoms with van der Waals surface area (Å²) in [5.41, 5.74) is 2.71. The minimum atomic E-state index is -0.130. The summed E-state index contributed by atoms with van der Waals surface area (Å²) in [6.07, 6.45) is 10.6. The Labute approximate surface area is 391 Å². The van der Waals surface area contributed by atoms with Crippen LogP contribution in [-0.4, -0.2) is 117 Å². The maximum atomic E-state index is 12.8. The third-order valence-corrected chi connectivity index (χ3v) is 13.8. The Bertz CT molecular complexity index is 3110. The number of alkyl halides is 1. The van der Waals surface area contributed by atoms with Crippen molar-refractivity contribution in [3.63, 3.8) is 0 Å². The van der Waals surface area contributed by atoms with Gasteiger partial charge in [0.15, 0.2) is 11.0 Å². The van der Waals surface area contributed by atoms with Crippen LogP contribution in [0.4, 0.5) is 0 Å². The van der Waals surface area contributed by atoms with E-state index in [0.29, 0.717) is 47.0 Å². The number of nitrogens with one attached hydrogen (secondary N) is 3. The molecule has 19 heteroatoms. The van der Waals surface area contributed by atoms with Gasteiger partial charge in [-0.05, 0) is 56.2 Å². The molecule has 4 aliphatic heterocycles. The van der Waals surface area contributed by atoms with Gasteiger partial charge in [0.1, 0.15) is 34.9 Å². The smallest absolute Gasteiger partial charge is 0.276 e. The predicted octanol–water partition coefficient (Wildman–Crippen LogP) is 5.49. The van der Waals surface area contributed by atoms with Crippen molar-refractivity contribution in [2.75, 3.05) is 52.6 Å². The third-order valence-electron chi connectivity index (χ3n) is 13.5. The summed E-state index contributed by atoms with van der Waals surface area (Å²) in [6.45, 7) is 11.5. The van der Waals surface area contributed by atoms with Gasteiger partial charge in [-0.2, -0.15) is 10.2 Å². The topological polar surface area (TPSA) is 211 Å². The van der Waals surface area contributed by atoms with Gasteiger partial charge in [0.2, 0.25) is 0 Å². The monoisotopic (exact) mass is 926 g/mol. The molecule has 0 amide bonds. The highest BCUT2D eigenvalue weighted by Crippen LogP contribution is 2.32. The van der Waals surface area contributed by atoms with Crippen molar-refractivity contribution in [1.82, 2.24) is 69.3 Å². The number of benzene rings is 2. The van der Waals surface area contributed by atoms with Crippen LogP contribution in [0.5, 0.6) is 0 Å². The highest BCUT2D eigenvalue weighted by atomic mass is 35.5. The minimum Gasteiger partial charge on any atom is -0.381 e. The Balaban J connectivity index is 0.000000132. The van der Waals surface area contributed by atoms with Crippen molar-refractivity contribution < 1.29 is 9.47 Å². The minimum absolute atomic E-state index is 0.102. The number of hydrogen-bond acceptors (Lipinski definition) is 14. The molecule has 10 heterocycles. The number of rotatable bonds is 7. The van der Waals surface area contributed by atoms with Crippen LogP contribution in [0.25, 0.3) is 32.8 Å². The summed E-state index contributed by atoms with van der Waals surface area (Å²) >= 11 is 5.60. The number of para-hydroxylation sites is 2. The largest absolute Gasteiger partial charge is 0.381 e. The van der Waals surface area contributed by atoms with E-state index in [4.69, 9.17) is 36.3 Å². The molecule has 3 N–H and O–H groups in total. The number of H-pyrrole nitrogens is 2. The molecule has 4 unspecified atom stereocenters. The molecule has 0 aliphatic carbocycles. The molecule has 4 fully saturated rings. The number of imidazole rings is 2. The first-order valence-corrected chi connectivity index (χ1v) is 23.8. The van der Waals surface area contributed by atoms with Crippen molar-refractivity contribution in [2.24, 2.45) is 11.8 Å². The van der Waals surface area contributed by atoms with Crippen molar-refractivity contribution in [1.29, 1.82) is 0 Å². The number of aromatic amines is 2. The lowest BCUT2D eigenvalue weighted by Crippen LogP contribution is -2.24.